The van der Waals surface area contributed by atoms with Crippen LogP contribution in [0.15, 0.2) is 30.1 Å². The van der Waals surface area contributed by atoms with Gasteiger partial charge in [-0.25, -0.2) is 9.78 Å². The van der Waals surface area contributed by atoms with Crippen LogP contribution < -0.4 is 16.0 Å². The summed E-state index contributed by atoms with van der Waals surface area (Å²) in [5, 5.41) is 4.98. The fraction of sp³-hybridized carbons (Fsp3) is 0.545. The maximum atomic E-state index is 12.6. The Morgan fingerprint density at radius 1 is 1.23 bits per heavy atom. The summed E-state index contributed by atoms with van der Waals surface area (Å²) >= 11 is 0. The van der Waals surface area contributed by atoms with Gasteiger partial charge < -0.3 is 24.7 Å². The van der Waals surface area contributed by atoms with Crippen LogP contribution in [0.2, 0.25) is 0 Å². The number of carbonyl (C=O) groups excluding carboxylic acids is 1. The van der Waals surface area contributed by atoms with Crippen LogP contribution in [0.3, 0.4) is 0 Å². The molecule has 2 aliphatic heterocycles. The van der Waals surface area contributed by atoms with Gasteiger partial charge in [-0.05, 0) is 24.5 Å². The zero-order valence-electron chi connectivity index (χ0n) is 17.1. The summed E-state index contributed by atoms with van der Waals surface area (Å²) < 4.78 is 11.4. The molecule has 0 aromatic carbocycles. The molecule has 8 nitrogen and oxygen atoms in total. The number of hydrogen-bond acceptors (Lipinski definition) is 5. The van der Waals surface area contributed by atoms with Crippen LogP contribution in [-0.2, 0) is 9.47 Å². The van der Waals surface area contributed by atoms with E-state index in [-0.39, 0.29) is 24.2 Å². The van der Waals surface area contributed by atoms with Gasteiger partial charge in [-0.3, -0.25) is 4.90 Å². The monoisotopic (exact) mass is 411 g/mol. The second-order valence-electron chi connectivity index (χ2n) is 8.15. The van der Waals surface area contributed by atoms with Gasteiger partial charge in [-0.2, -0.15) is 0 Å². The maximum Gasteiger partial charge on any atom is 0.318 e. The van der Waals surface area contributed by atoms with E-state index in [2.05, 4.69) is 50.6 Å². The SMILES string of the molecule is O=C1NCC(C2=CCC(OCCN3CCOCC3)C=C2)N1C1C=c2[nH]cnc2=CC1. The van der Waals surface area contributed by atoms with Crippen molar-refractivity contribution in [1.82, 2.24) is 25.1 Å². The molecule has 2 fully saturated rings. The number of nitrogens with one attached hydrogen (secondary N) is 2. The molecule has 3 atom stereocenters. The van der Waals surface area contributed by atoms with Gasteiger partial charge in [0, 0.05) is 26.2 Å². The Balaban J connectivity index is 1.18. The lowest BCUT2D eigenvalue weighted by Crippen LogP contribution is -2.46. The number of imidazole rings is 1. The first-order valence-electron chi connectivity index (χ1n) is 10.9. The first kappa shape index (κ1) is 19.5. The van der Waals surface area contributed by atoms with Crippen molar-refractivity contribution in [3.05, 3.63) is 40.8 Å². The Labute approximate surface area is 175 Å². The molecular weight excluding hydrogens is 382 g/mol. The molecule has 160 valence electrons. The predicted octanol–water partition coefficient (Wildman–Crippen LogP) is -0.259. The van der Waals surface area contributed by atoms with E-state index in [4.69, 9.17) is 9.47 Å². The molecule has 30 heavy (non-hydrogen) atoms. The molecule has 3 heterocycles. The third kappa shape index (κ3) is 4.08. The number of hydrogen-bond donors (Lipinski definition) is 2. The highest BCUT2D eigenvalue weighted by molar-refractivity contribution is 5.79. The lowest BCUT2D eigenvalue weighted by molar-refractivity contribution is 0.0116. The van der Waals surface area contributed by atoms with Gasteiger partial charge in [0.2, 0.25) is 0 Å². The van der Waals surface area contributed by atoms with Crippen LogP contribution in [0, 0.1) is 0 Å². The van der Waals surface area contributed by atoms with Gasteiger partial charge in [-0.15, -0.1) is 0 Å². The number of fused-ring (bicyclic) bond motifs is 1. The largest absolute Gasteiger partial charge is 0.379 e. The minimum absolute atomic E-state index is 0.00389. The van der Waals surface area contributed by atoms with Crippen LogP contribution >= 0.6 is 0 Å². The van der Waals surface area contributed by atoms with Crippen molar-refractivity contribution in [2.45, 2.75) is 31.0 Å². The summed E-state index contributed by atoms with van der Waals surface area (Å²) in [5.74, 6) is 0. The molecule has 2 saturated heterocycles. The molecule has 0 spiro atoms. The molecule has 0 saturated carbocycles. The molecular formula is C22H29N5O3. The minimum atomic E-state index is -0.00389. The van der Waals surface area contributed by atoms with E-state index in [1.807, 2.05) is 4.90 Å². The Kier molecular flexibility index (Phi) is 5.70. The van der Waals surface area contributed by atoms with E-state index < -0.39 is 0 Å². The van der Waals surface area contributed by atoms with E-state index >= 15 is 0 Å². The molecule has 5 rings (SSSR count). The van der Waals surface area contributed by atoms with Crippen LogP contribution in [0.1, 0.15) is 12.8 Å². The number of H-pyrrole nitrogens is 1. The zero-order chi connectivity index (χ0) is 20.3. The summed E-state index contributed by atoms with van der Waals surface area (Å²) in [6, 6.07) is 0.0696. The Morgan fingerprint density at radius 2 is 2.13 bits per heavy atom. The molecule has 2 amide bonds. The molecule has 0 radical (unpaired) electrons. The molecule has 3 unspecified atom stereocenters. The van der Waals surface area contributed by atoms with Crippen molar-refractivity contribution in [3.8, 4) is 0 Å². The first-order chi connectivity index (χ1) is 14.8. The molecule has 8 heteroatoms. The summed E-state index contributed by atoms with van der Waals surface area (Å²) in [5.41, 5.74) is 1.19. The first-order valence-corrected chi connectivity index (χ1v) is 10.9. The van der Waals surface area contributed by atoms with Crippen molar-refractivity contribution in [2.24, 2.45) is 0 Å². The highest BCUT2D eigenvalue weighted by Crippen LogP contribution is 2.26. The lowest BCUT2D eigenvalue weighted by atomic mass is 9.96. The number of amides is 2. The van der Waals surface area contributed by atoms with Crippen LogP contribution in [0.4, 0.5) is 4.79 Å². The van der Waals surface area contributed by atoms with Crippen molar-refractivity contribution in [2.75, 3.05) is 46.0 Å². The van der Waals surface area contributed by atoms with Gasteiger partial charge in [0.15, 0.2) is 0 Å². The van der Waals surface area contributed by atoms with E-state index in [0.717, 1.165) is 63.0 Å². The van der Waals surface area contributed by atoms with Crippen molar-refractivity contribution < 1.29 is 14.3 Å². The number of morpholine rings is 1. The van der Waals surface area contributed by atoms with Gasteiger partial charge in [-0.1, -0.05) is 24.3 Å². The molecule has 4 aliphatic rings. The van der Waals surface area contributed by atoms with Crippen molar-refractivity contribution in [1.29, 1.82) is 0 Å². The highest BCUT2D eigenvalue weighted by Gasteiger charge is 2.37. The Morgan fingerprint density at radius 3 is 2.97 bits per heavy atom. The predicted molar refractivity (Wildman–Crippen MR) is 113 cm³/mol. The summed E-state index contributed by atoms with van der Waals surface area (Å²) in [4.78, 5) is 24.4. The molecule has 2 N–H and O–H groups in total. The average molecular weight is 412 g/mol. The molecule has 0 bridgehead atoms. The van der Waals surface area contributed by atoms with Crippen LogP contribution in [0.25, 0.3) is 12.2 Å². The van der Waals surface area contributed by atoms with Gasteiger partial charge >= 0.3 is 6.03 Å². The fourth-order valence-electron chi connectivity index (χ4n) is 4.62. The number of rotatable bonds is 6. The lowest BCUT2D eigenvalue weighted by Gasteiger charge is -2.32. The number of ether oxygens (including phenoxy) is 2. The quantitative estimate of drug-likeness (QED) is 0.674. The molecule has 1 aromatic heterocycles. The minimum Gasteiger partial charge on any atom is -0.379 e. The number of aromatic amines is 1. The van der Waals surface area contributed by atoms with Gasteiger partial charge in [0.05, 0.1) is 55.0 Å². The number of carbonyl (C=O) groups is 1. The number of aromatic nitrogens is 2. The zero-order valence-corrected chi connectivity index (χ0v) is 17.1. The summed E-state index contributed by atoms with van der Waals surface area (Å²) in [6.45, 7) is 5.92. The highest BCUT2D eigenvalue weighted by atomic mass is 16.5. The number of nitrogens with zero attached hydrogens (tertiary/aromatic N) is 3. The van der Waals surface area contributed by atoms with E-state index in [1.165, 1.54) is 5.57 Å². The second-order valence-corrected chi connectivity index (χ2v) is 8.15. The van der Waals surface area contributed by atoms with E-state index in [0.29, 0.717) is 6.54 Å². The van der Waals surface area contributed by atoms with Crippen molar-refractivity contribution in [3.63, 3.8) is 0 Å². The van der Waals surface area contributed by atoms with Crippen LogP contribution in [0.5, 0.6) is 0 Å². The fourth-order valence-corrected chi connectivity index (χ4v) is 4.62. The second kappa shape index (κ2) is 8.75. The number of urea groups is 1. The van der Waals surface area contributed by atoms with Gasteiger partial charge in [0.25, 0.3) is 0 Å². The normalized spacial score (nSPS) is 29.1. The van der Waals surface area contributed by atoms with Crippen LogP contribution in [-0.4, -0.2) is 90.0 Å². The topological polar surface area (TPSA) is 82.7 Å². The summed E-state index contributed by atoms with van der Waals surface area (Å²) in [6.07, 6.45) is 14.2. The molecule has 2 aliphatic carbocycles. The average Bonchev–Trinajstić information content (AvgIpc) is 3.41. The van der Waals surface area contributed by atoms with E-state index in [9.17, 15) is 4.79 Å². The standard InChI is InChI=1S/C22H29N5O3/c28-22-23-14-21(27(22)17-3-6-19-20(13-17)25-15-24-19)16-1-4-18(5-2-16)30-12-9-26-7-10-29-11-8-26/h1-2,4,6,13,15,17-18,21H,3,5,7-12,14H2,(H,23,28)(H,24,25). The Bertz CT molecular complexity index is 946. The Hall–Kier alpha value is -2.42. The van der Waals surface area contributed by atoms with Crippen molar-refractivity contribution >= 4 is 18.2 Å². The third-order valence-electron chi connectivity index (χ3n) is 6.30. The van der Waals surface area contributed by atoms with Gasteiger partial charge in [0.1, 0.15) is 0 Å². The maximum absolute atomic E-state index is 12.6. The smallest absolute Gasteiger partial charge is 0.318 e. The third-order valence-corrected chi connectivity index (χ3v) is 6.30. The summed E-state index contributed by atoms with van der Waals surface area (Å²) in [7, 11) is 0. The molecule has 1 aromatic rings. The van der Waals surface area contributed by atoms with E-state index in [1.54, 1.807) is 6.33 Å².